The summed E-state index contributed by atoms with van der Waals surface area (Å²) in [4.78, 5) is 10.2. The molecule has 0 radical (unpaired) electrons. The van der Waals surface area contributed by atoms with Crippen LogP contribution in [0.4, 0.5) is 0 Å². The Balaban J connectivity index is 0. The number of esters is 1. The van der Waals surface area contributed by atoms with Crippen LogP contribution in [0.15, 0.2) is 0 Å². The van der Waals surface area contributed by atoms with Crippen LogP contribution < -0.4 is 11.9 Å². The fraction of sp³-hybridized carbons (Fsp3) is 0.750. The van der Waals surface area contributed by atoms with Gasteiger partial charge in [0.25, 0.3) is 0 Å². The van der Waals surface area contributed by atoms with Gasteiger partial charge in [-0.25, -0.2) is 0 Å². The molecular formula is C4H12N2O2S. The molecule has 0 spiro atoms. The summed E-state index contributed by atoms with van der Waals surface area (Å²) in [7, 11) is 0. The predicted octanol–water partition coefficient (Wildman–Crippen LogP) is -0.0739. The first-order valence-electron chi connectivity index (χ1n) is 2.22. The molecule has 0 saturated carbocycles. The zero-order valence-electron chi connectivity index (χ0n) is 5.33. The average molecular weight is 152 g/mol. The van der Waals surface area contributed by atoms with Gasteiger partial charge in [0.05, 0.1) is 5.75 Å². The Bertz CT molecular complexity index is 86.6. The van der Waals surface area contributed by atoms with Crippen molar-refractivity contribution in [3.63, 3.8) is 0 Å². The number of nitrogens with two attached hydrogens (primary N) is 1. The third-order valence-corrected chi connectivity index (χ3v) is 0.705. The third-order valence-electron chi connectivity index (χ3n) is 0.446. The van der Waals surface area contributed by atoms with Gasteiger partial charge >= 0.3 is 5.97 Å². The van der Waals surface area contributed by atoms with Crippen LogP contribution in [0, 0.1) is 0 Å². The molecule has 4 nitrogen and oxygen atoms in total. The van der Waals surface area contributed by atoms with Crippen molar-refractivity contribution in [2.45, 2.75) is 13.2 Å². The number of carbonyl (C=O) groups is 1. The van der Waals surface area contributed by atoms with Gasteiger partial charge in [0.2, 0.25) is 0 Å². The van der Waals surface area contributed by atoms with E-state index in [9.17, 15) is 4.79 Å². The molecule has 0 amide bonds. The van der Waals surface area contributed by atoms with Gasteiger partial charge in [0, 0.05) is 0 Å². The zero-order chi connectivity index (χ0) is 6.57. The summed E-state index contributed by atoms with van der Waals surface area (Å²) < 4.78 is 4.46. The van der Waals surface area contributed by atoms with Gasteiger partial charge in [0.15, 0.2) is 0 Å². The lowest BCUT2D eigenvalue weighted by Gasteiger charge is -2.04. The molecule has 1 unspecified atom stereocenters. The average Bonchev–Trinajstić information content (AvgIpc) is 1.65. The number of thiol groups is 1. The summed E-state index contributed by atoms with van der Waals surface area (Å²) in [6.07, 6.45) is -0.519. The van der Waals surface area contributed by atoms with Crippen molar-refractivity contribution in [1.29, 1.82) is 0 Å². The van der Waals surface area contributed by atoms with E-state index in [0.717, 1.165) is 0 Å². The number of ether oxygens (including phenoxy) is 1. The van der Waals surface area contributed by atoms with E-state index >= 15 is 0 Å². The van der Waals surface area contributed by atoms with E-state index in [4.69, 9.17) is 5.73 Å². The van der Waals surface area contributed by atoms with Crippen LogP contribution in [-0.4, -0.2) is 18.0 Å². The normalized spacial score (nSPS) is 11.4. The van der Waals surface area contributed by atoms with Crippen molar-refractivity contribution in [2.24, 2.45) is 5.73 Å². The highest BCUT2D eigenvalue weighted by molar-refractivity contribution is 7.81. The van der Waals surface area contributed by atoms with Gasteiger partial charge in [-0.05, 0) is 6.92 Å². The minimum atomic E-state index is -0.519. The minimum Gasteiger partial charge on any atom is -0.446 e. The van der Waals surface area contributed by atoms with Crippen LogP contribution in [0.25, 0.3) is 0 Å². The third kappa shape index (κ3) is 7.74. The lowest BCUT2D eigenvalue weighted by Crippen LogP contribution is -2.23. The zero-order valence-corrected chi connectivity index (χ0v) is 6.23. The first-order valence-corrected chi connectivity index (χ1v) is 2.86. The molecule has 0 aliphatic rings. The molecule has 0 aliphatic heterocycles. The van der Waals surface area contributed by atoms with Crippen LogP contribution in [-0.2, 0) is 9.53 Å². The van der Waals surface area contributed by atoms with Crippen LogP contribution in [0.2, 0.25) is 0 Å². The molecule has 0 bridgehead atoms. The van der Waals surface area contributed by atoms with Crippen LogP contribution >= 0.6 is 12.6 Å². The number of rotatable bonds is 2. The minimum absolute atomic E-state index is 0. The molecule has 0 aromatic heterocycles. The molecule has 0 saturated heterocycles. The van der Waals surface area contributed by atoms with Crippen LogP contribution in [0.3, 0.4) is 0 Å². The standard InChI is InChI=1S/C4H9NO2S.H3N/c1-3(5)7-4(6)2-8;/h3,8H,2,5H2,1H3;1H3. The molecule has 0 fully saturated rings. The quantitative estimate of drug-likeness (QED) is 0.293. The van der Waals surface area contributed by atoms with E-state index in [0.29, 0.717) is 0 Å². The van der Waals surface area contributed by atoms with E-state index in [1.165, 1.54) is 0 Å². The van der Waals surface area contributed by atoms with Crippen LogP contribution in [0.5, 0.6) is 0 Å². The highest BCUT2D eigenvalue weighted by atomic mass is 32.1. The van der Waals surface area contributed by atoms with Crippen molar-refractivity contribution < 1.29 is 9.53 Å². The molecule has 0 aromatic carbocycles. The van der Waals surface area contributed by atoms with Crippen molar-refractivity contribution in [3.05, 3.63) is 0 Å². The number of hydrogen-bond donors (Lipinski definition) is 3. The number of hydrogen-bond acceptors (Lipinski definition) is 5. The molecule has 0 aliphatic carbocycles. The molecular weight excluding hydrogens is 140 g/mol. The highest BCUT2D eigenvalue weighted by Crippen LogP contribution is 1.84. The van der Waals surface area contributed by atoms with Crippen molar-refractivity contribution in [2.75, 3.05) is 5.75 Å². The van der Waals surface area contributed by atoms with E-state index < -0.39 is 6.23 Å². The second-order valence-electron chi connectivity index (χ2n) is 1.35. The topological polar surface area (TPSA) is 87.3 Å². The Labute approximate surface area is 59.7 Å². The van der Waals surface area contributed by atoms with E-state index in [2.05, 4.69) is 17.4 Å². The van der Waals surface area contributed by atoms with Crippen molar-refractivity contribution in [1.82, 2.24) is 6.15 Å². The lowest BCUT2D eigenvalue weighted by atomic mass is 10.7. The molecule has 5 heteroatoms. The van der Waals surface area contributed by atoms with Gasteiger partial charge in [-0.15, -0.1) is 0 Å². The Morgan fingerprint density at radius 1 is 1.89 bits per heavy atom. The molecule has 56 valence electrons. The smallest absolute Gasteiger partial charge is 0.317 e. The SMILES string of the molecule is CC(N)OC(=O)CS.N. The van der Waals surface area contributed by atoms with Gasteiger partial charge < -0.3 is 10.9 Å². The number of carbonyl (C=O) groups excluding carboxylic acids is 1. The second-order valence-corrected chi connectivity index (χ2v) is 1.67. The molecule has 0 heterocycles. The van der Waals surface area contributed by atoms with E-state index in [1.54, 1.807) is 6.92 Å². The van der Waals surface area contributed by atoms with Gasteiger partial charge in [-0.2, -0.15) is 12.6 Å². The highest BCUT2D eigenvalue weighted by Gasteiger charge is 1.99. The van der Waals surface area contributed by atoms with E-state index in [-0.39, 0.29) is 17.9 Å². The second kappa shape index (κ2) is 5.87. The Kier molecular flexibility index (Phi) is 7.52. The molecule has 5 N–H and O–H groups in total. The van der Waals surface area contributed by atoms with Crippen LogP contribution in [0.1, 0.15) is 6.92 Å². The summed E-state index contributed by atoms with van der Waals surface area (Å²) in [5.41, 5.74) is 5.09. The maximum atomic E-state index is 10.2. The summed E-state index contributed by atoms with van der Waals surface area (Å²) >= 11 is 3.66. The van der Waals surface area contributed by atoms with Gasteiger partial charge in [0.1, 0.15) is 6.23 Å². The molecule has 1 atom stereocenters. The van der Waals surface area contributed by atoms with Gasteiger partial charge in [-0.3, -0.25) is 10.5 Å². The summed E-state index contributed by atoms with van der Waals surface area (Å²) in [5, 5.41) is 0. The first-order chi connectivity index (χ1) is 3.66. The lowest BCUT2D eigenvalue weighted by molar-refractivity contribution is -0.144. The molecule has 9 heavy (non-hydrogen) atoms. The fourth-order valence-corrected chi connectivity index (χ4v) is 0.319. The monoisotopic (exact) mass is 152 g/mol. The first kappa shape index (κ1) is 11.5. The van der Waals surface area contributed by atoms with Crippen molar-refractivity contribution >= 4 is 18.6 Å². The molecule has 0 rings (SSSR count). The maximum absolute atomic E-state index is 10.2. The largest absolute Gasteiger partial charge is 0.446 e. The molecule has 0 aromatic rings. The Hall–Kier alpha value is -0.260. The fourth-order valence-electron chi connectivity index (χ4n) is 0.245. The van der Waals surface area contributed by atoms with E-state index in [1.807, 2.05) is 0 Å². The summed E-state index contributed by atoms with van der Waals surface area (Å²) in [5.74, 6) is -0.301. The Morgan fingerprint density at radius 3 is 2.44 bits per heavy atom. The maximum Gasteiger partial charge on any atom is 0.317 e. The van der Waals surface area contributed by atoms with Crippen molar-refractivity contribution in [3.8, 4) is 0 Å². The summed E-state index contributed by atoms with van der Waals surface area (Å²) in [6, 6.07) is 0. The summed E-state index contributed by atoms with van der Waals surface area (Å²) in [6.45, 7) is 1.58. The Morgan fingerprint density at radius 2 is 2.33 bits per heavy atom. The van der Waals surface area contributed by atoms with Gasteiger partial charge in [-0.1, -0.05) is 0 Å². The predicted molar refractivity (Wildman–Crippen MR) is 38.6 cm³/mol.